The Balaban J connectivity index is 1.98. The van der Waals surface area contributed by atoms with Crippen molar-refractivity contribution in [3.8, 4) is 0 Å². The molecular formula is C12H14Br2N2S. The van der Waals surface area contributed by atoms with Gasteiger partial charge in [-0.2, -0.15) is 0 Å². The Morgan fingerprint density at radius 2 is 2.29 bits per heavy atom. The molecule has 0 saturated carbocycles. The van der Waals surface area contributed by atoms with Crippen LogP contribution in [-0.2, 0) is 0 Å². The van der Waals surface area contributed by atoms with Crippen molar-refractivity contribution in [2.24, 2.45) is 4.99 Å². The Bertz CT molecular complexity index is 435. The number of nitrogens with zero attached hydrogens (tertiary/aromatic N) is 1. The summed E-state index contributed by atoms with van der Waals surface area (Å²) in [5.41, 5.74) is 1.07. The van der Waals surface area contributed by atoms with Crippen molar-refractivity contribution in [3.63, 3.8) is 0 Å². The maximum Gasteiger partial charge on any atom is 0.161 e. The zero-order valence-corrected chi connectivity index (χ0v) is 13.5. The molecule has 1 aliphatic heterocycles. The third-order valence-corrected chi connectivity index (χ3v) is 4.82. The summed E-state index contributed by atoms with van der Waals surface area (Å²) in [4.78, 5) is 4.53. The highest BCUT2D eigenvalue weighted by Crippen LogP contribution is 2.30. The molecule has 0 saturated heterocycles. The normalized spacial score (nSPS) is 19.2. The quantitative estimate of drug-likeness (QED) is 0.810. The number of amidine groups is 1. The van der Waals surface area contributed by atoms with Gasteiger partial charge in [-0.3, -0.25) is 4.99 Å². The summed E-state index contributed by atoms with van der Waals surface area (Å²) < 4.78 is 2.12. The molecule has 0 bridgehead atoms. The largest absolute Gasteiger partial charge is 0.334 e. The van der Waals surface area contributed by atoms with E-state index < -0.39 is 0 Å². The van der Waals surface area contributed by atoms with Gasteiger partial charge in [-0.05, 0) is 40.5 Å². The number of halogens is 2. The van der Waals surface area contributed by atoms with E-state index in [1.807, 2.05) is 30.0 Å². The van der Waals surface area contributed by atoms with Gasteiger partial charge in [-0.25, -0.2) is 0 Å². The summed E-state index contributed by atoms with van der Waals surface area (Å²) in [5, 5.41) is 5.05. The van der Waals surface area contributed by atoms with Gasteiger partial charge < -0.3 is 5.32 Å². The maximum absolute atomic E-state index is 4.53. The molecule has 1 aliphatic rings. The number of anilines is 1. The second-order valence-corrected chi connectivity index (χ2v) is 6.98. The second kappa shape index (κ2) is 6.25. The smallest absolute Gasteiger partial charge is 0.161 e. The molecule has 2 rings (SSSR count). The Morgan fingerprint density at radius 3 is 3.00 bits per heavy atom. The minimum absolute atomic E-state index is 0.650. The Kier molecular flexibility index (Phi) is 4.94. The molecule has 1 N–H and O–H groups in total. The van der Waals surface area contributed by atoms with Crippen LogP contribution in [0.4, 0.5) is 5.69 Å². The fourth-order valence-corrected chi connectivity index (χ4v) is 3.95. The predicted octanol–water partition coefficient (Wildman–Crippen LogP) is 4.90. The summed E-state index contributed by atoms with van der Waals surface area (Å²) in [7, 11) is 0. The number of thioether (sulfide) groups is 1. The molecule has 1 atom stereocenters. The minimum atomic E-state index is 0.650. The highest BCUT2D eigenvalue weighted by molar-refractivity contribution is 9.11. The number of nitrogens with one attached hydrogen (secondary N) is 1. The molecule has 92 valence electrons. The monoisotopic (exact) mass is 376 g/mol. The summed E-state index contributed by atoms with van der Waals surface area (Å²) in [6.07, 6.45) is 2.46. The first-order chi connectivity index (χ1) is 8.19. The summed E-state index contributed by atoms with van der Waals surface area (Å²) in [5.74, 6) is 0. The highest BCUT2D eigenvalue weighted by atomic mass is 79.9. The highest BCUT2D eigenvalue weighted by Gasteiger charge is 2.19. The third-order valence-electron chi connectivity index (χ3n) is 2.50. The fourth-order valence-electron chi connectivity index (χ4n) is 1.66. The molecule has 17 heavy (non-hydrogen) atoms. The van der Waals surface area contributed by atoms with Gasteiger partial charge in [-0.1, -0.05) is 41.0 Å². The van der Waals surface area contributed by atoms with E-state index in [9.17, 15) is 0 Å². The summed E-state index contributed by atoms with van der Waals surface area (Å²) >= 11 is 8.84. The van der Waals surface area contributed by atoms with Gasteiger partial charge in [0.2, 0.25) is 0 Å². The molecule has 1 aromatic carbocycles. The number of hydrogen-bond acceptors (Lipinski definition) is 3. The van der Waals surface area contributed by atoms with Gasteiger partial charge in [0, 0.05) is 14.2 Å². The van der Waals surface area contributed by atoms with Crippen molar-refractivity contribution in [1.82, 2.24) is 0 Å². The Labute approximate surface area is 123 Å². The first-order valence-corrected chi connectivity index (χ1v) is 8.08. The standard InChI is InChI=1S/C12H14Br2N2S/c1-2-3-9-7-15-12(17-9)16-11-5-4-8(13)6-10(11)14/h4-6,9H,2-3,7H2,1H3,(H,15,16). The molecule has 1 heterocycles. The van der Waals surface area contributed by atoms with Crippen LogP contribution in [0.2, 0.25) is 0 Å². The number of benzene rings is 1. The predicted molar refractivity (Wildman–Crippen MR) is 84.1 cm³/mol. The van der Waals surface area contributed by atoms with E-state index in [0.717, 1.165) is 26.3 Å². The van der Waals surface area contributed by atoms with Crippen LogP contribution in [-0.4, -0.2) is 17.0 Å². The molecule has 0 aromatic heterocycles. The van der Waals surface area contributed by atoms with E-state index in [4.69, 9.17) is 0 Å². The number of aliphatic imine (C=N–C) groups is 1. The molecular weight excluding hydrogens is 364 g/mol. The van der Waals surface area contributed by atoms with Crippen molar-refractivity contribution >= 4 is 54.5 Å². The summed E-state index contributed by atoms with van der Waals surface area (Å²) in [6, 6.07) is 6.10. The van der Waals surface area contributed by atoms with Crippen molar-refractivity contribution < 1.29 is 0 Å². The van der Waals surface area contributed by atoms with E-state index >= 15 is 0 Å². The first-order valence-electron chi connectivity index (χ1n) is 5.62. The van der Waals surface area contributed by atoms with Crippen LogP contribution in [0.15, 0.2) is 32.1 Å². The minimum Gasteiger partial charge on any atom is -0.334 e. The fraction of sp³-hybridized carbons (Fsp3) is 0.417. The first kappa shape index (κ1) is 13.4. The average Bonchev–Trinajstić information content (AvgIpc) is 2.71. The van der Waals surface area contributed by atoms with Crippen LogP contribution in [0.5, 0.6) is 0 Å². The van der Waals surface area contributed by atoms with E-state index in [0.29, 0.717) is 5.25 Å². The Hall–Kier alpha value is -0.000000000000000111. The molecule has 0 spiro atoms. The molecule has 0 amide bonds. The van der Waals surface area contributed by atoms with Crippen LogP contribution in [0.3, 0.4) is 0 Å². The molecule has 1 unspecified atom stereocenters. The number of rotatable bonds is 3. The van der Waals surface area contributed by atoms with Gasteiger partial charge in [0.25, 0.3) is 0 Å². The Morgan fingerprint density at radius 1 is 1.47 bits per heavy atom. The van der Waals surface area contributed by atoms with Crippen molar-refractivity contribution in [2.75, 3.05) is 11.9 Å². The topological polar surface area (TPSA) is 24.4 Å². The van der Waals surface area contributed by atoms with Crippen LogP contribution in [0.1, 0.15) is 19.8 Å². The number of hydrogen-bond donors (Lipinski definition) is 1. The van der Waals surface area contributed by atoms with Gasteiger partial charge in [0.15, 0.2) is 5.17 Å². The van der Waals surface area contributed by atoms with E-state index in [2.05, 4.69) is 49.1 Å². The van der Waals surface area contributed by atoms with Crippen LogP contribution >= 0.6 is 43.6 Å². The zero-order valence-electron chi connectivity index (χ0n) is 9.54. The van der Waals surface area contributed by atoms with Crippen molar-refractivity contribution in [2.45, 2.75) is 25.0 Å². The van der Waals surface area contributed by atoms with Gasteiger partial charge in [0.1, 0.15) is 0 Å². The van der Waals surface area contributed by atoms with E-state index in [1.54, 1.807) is 0 Å². The van der Waals surface area contributed by atoms with Crippen LogP contribution < -0.4 is 5.32 Å². The molecule has 0 aliphatic carbocycles. The second-order valence-electron chi connectivity index (χ2n) is 3.92. The maximum atomic E-state index is 4.53. The van der Waals surface area contributed by atoms with Gasteiger partial charge in [0.05, 0.1) is 12.2 Å². The van der Waals surface area contributed by atoms with E-state index in [1.165, 1.54) is 12.8 Å². The van der Waals surface area contributed by atoms with E-state index in [-0.39, 0.29) is 0 Å². The molecule has 1 aromatic rings. The lowest BCUT2D eigenvalue weighted by Gasteiger charge is -2.09. The lowest BCUT2D eigenvalue weighted by atomic mass is 10.2. The van der Waals surface area contributed by atoms with Crippen molar-refractivity contribution in [1.29, 1.82) is 0 Å². The average molecular weight is 378 g/mol. The van der Waals surface area contributed by atoms with Crippen LogP contribution in [0, 0.1) is 0 Å². The van der Waals surface area contributed by atoms with Gasteiger partial charge >= 0.3 is 0 Å². The molecule has 0 radical (unpaired) electrons. The lowest BCUT2D eigenvalue weighted by molar-refractivity contribution is 0.754. The van der Waals surface area contributed by atoms with Gasteiger partial charge in [-0.15, -0.1) is 0 Å². The van der Waals surface area contributed by atoms with Crippen LogP contribution in [0.25, 0.3) is 0 Å². The SMILES string of the molecule is CCCC1CN=C(Nc2ccc(Br)cc2Br)S1. The lowest BCUT2D eigenvalue weighted by Crippen LogP contribution is -2.07. The van der Waals surface area contributed by atoms with Crippen molar-refractivity contribution in [3.05, 3.63) is 27.1 Å². The molecule has 5 heteroatoms. The summed E-state index contributed by atoms with van der Waals surface area (Å²) in [6.45, 7) is 3.16. The molecule has 2 nitrogen and oxygen atoms in total. The third kappa shape index (κ3) is 3.73. The zero-order chi connectivity index (χ0) is 12.3. The molecule has 0 fully saturated rings.